The number of nitrogens with zero attached hydrogens (tertiary/aromatic N) is 2. The van der Waals surface area contributed by atoms with Crippen LogP contribution >= 0.6 is 43.5 Å². The number of pyridine rings is 1. The molecule has 4 nitrogen and oxygen atoms in total. The summed E-state index contributed by atoms with van der Waals surface area (Å²) < 4.78 is 7.00. The second-order valence-electron chi connectivity index (χ2n) is 3.79. The van der Waals surface area contributed by atoms with E-state index in [9.17, 15) is 0 Å². The number of rotatable bonds is 1. The van der Waals surface area contributed by atoms with Crippen LogP contribution in [0.1, 0.15) is 0 Å². The average Bonchev–Trinajstić information content (AvgIpc) is 2.79. The first-order valence-electron chi connectivity index (χ1n) is 5.23. The summed E-state index contributed by atoms with van der Waals surface area (Å²) in [5, 5.41) is 0.486. The van der Waals surface area contributed by atoms with Crippen LogP contribution in [-0.4, -0.2) is 9.97 Å². The molecule has 3 rings (SSSR count). The van der Waals surface area contributed by atoms with E-state index >= 15 is 0 Å². The third-order valence-corrected chi connectivity index (χ3v) is 4.36. The number of aromatic nitrogens is 2. The molecule has 7 heteroatoms. The van der Waals surface area contributed by atoms with Gasteiger partial charge >= 0.3 is 0 Å². The zero-order valence-electron chi connectivity index (χ0n) is 9.32. The quantitative estimate of drug-likeness (QED) is 0.601. The molecule has 2 N–H and O–H groups in total. The van der Waals surface area contributed by atoms with E-state index in [1.807, 2.05) is 0 Å². The number of nitrogen functional groups attached to an aromatic ring is 1. The molecule has 3 aromatic rings. The summed E-state index contributed by atoms with van der Waals surface area (Å²) in [6.07, 6.45) is 1.65. The van der Waals surface area contributed by atoms with Crippen molar-refractivity contribution in [3.8, 4) is 11.5 Å². The summed E-state index contributed by atoms with van der Waals surface area (Å²) in [5.74, 6) is 0.379. The molecule has 96 valence electrons. The van der Waals surface area contributed by atoms with Gasteiger partial charge in [0.1, 0.15) is 0 Å². The van der Waals surface area contributed by atoms with Crippen molar-refractivity contribution in [2.45, 2.75) is 0 Å². The largest absolute Gasteiger partial charge is 0.434 e. The van der Waals surface area contributed by atoms with E-state index in [0.29, 0.717) is 42.3 Å². The molecule has 0 saturated heterocycles. The molecule has 0 radical (unpaired) electrons. The minimum Gasteiger partial charge on any atom is -0.434 e. The zero-order chi connectivity index (χ0) is 13.6. The molecule has 0 unspecified atom stereocenters. The van der Waals surface area contributed by atoms with Crippen LogP contribution in [0, 0.1) is 0 Å². The fourth-order valence-electron chi connectivity index (χ4n) is 1.68. The van der Waals surface area contributed by atoms with Gasteiger partial charge in [-0.25, -0.2) is 4.98 Å². The highest BCUT2D eigenvalue weighted by atomic mass is 79.9. The number of hydrogen-bond acceptors (Lipinski definition) is 4. The monoisotopic (exact) mass is 401 g/mol. The van der Waals surface area contributed by atoms with Crippen molar-refractivity contribution in [1.29, 1.82) is 0 Å². The Labute approximate surface area is 130 Å². The molecular formula is C12H6Br2ClN3O. The highest BCUT2D eigenvalue weighted by Crippen LogP contribution is 2.42. The molecule has 0 bridgehead atoms. The molecule has 0 atom stereocenters. The second-order valence-corrected chi connectivity index (χ2v) is 5.84. The lowest BCUT2D eigenvalue weighted by Crippen LogP contribution is -1.92. The Hall–Kier alpha value is -1.11. The summed E-state index contributed by atoms with van der Waals surface area (Å²) in [4.78, 5) is 8.44. The van der Waals surface area contributed by atoms with Gasteiger partial charge in [-0.2, -0.15) is 4.98 Å². The predicted octanol–water partition coefficient (Wildman–Crippen LogP) is 4.65. The first-order valence-corrected chi connectivity index (χ1v) is 7.19. The molecule has 0 spiro atoms. The van der Waals surface area contributed by atoms with Gasteiger partial charge in [0.05, 0.1) is 20.7 Å². The van der Waals surface area contributed by atoms with Crippen molar-refractivity contribution in [3.63, 3.8) is 0 Å². The maximum absolute atomic E-state index is 6.23. The SMILES string of the molecule is Nc1c(Br)cc(Cl)c(-c2nc3ncccc3o2)c1Br. The van der Waals surface area contributed by atoms with Crippen LogP contribution in [0.25, 0.3) is 22.7 Å². The Morgan fingerprint density at radius 1 is 1.32 bits per heavy atom. The molecule has 0 saturated carbocycles. The van der Waals surface area contributed by atoms with Gasteiger partial charge in [0.15, 0.2) is 11.2 Å². The molecule has 19 heavy (non-hydrogen) atoms. The van der Waals surface area contributed by atoms with Gasteiger partial charge in [0.2, 0.25) is 5.89 Å². The fourth-order valence-corrected chi connectivity index (χ4v) is 3.50. The average molecular weight is 403 g/mol. The molecule has 0 aliphatic carbocycles. The van der Waals surface area contributed by atoms with Gasteiger partial charge in [-0.1, -0.05) is 11.6 Å². The highest BCUT2D eigenvalue weighted by molar-refractivity contribution is 9.11. The summed E-state index contributed by atoms with van der Waals surface area (Å²) in [7, 11) is 0. The maximum atomic E-state index is 6.23. The zero-order valence-corrected chi connectivity index (χ0v) is 13.3. The first kappa shape index (κ1) is 12.9. The third kappa shape index (κ3) is 2.13. The first-order chi connectivity index (χ1) is 9.08. The topological polar surface area (TPSA) is 64.9 Å². The number of hydrogen-bond donors (Lipinski definition) is 1. The second kappa shape index (κ2) is 4.77. The maximum Gasteiger partial charge on any atom is 0.231 e. The van der Waals surface area contributed by atoms with E-state index in [2.05, 4.69) is 41.8 Å². The van der Waals surface area contributed by atoms with E-state index in [4.69, 9.17) is 21.8 Å². The molecule has 0 fully saturated rings. The van der Waals surface area contributed by atoms with Crippen LogP contribution in [-0.2, 0) is 0 Å². The number of anilines is 1. The summed E-state index contributed by atoms with van der Waals surface area (Å²) >= 11 is 13.0. The third-order valence-electron chi connectivity index (χ3n) is 2.58. The molecule has 0 aliphatic heterocycles. The van der Waals surface area contributed by atoms with Crippen LogP contribution in [0.15, 0.2) is 37.8 Å². The summed E-state index contributed by atoms with van der Waals surface area (Å²) in [5.41, 5.74) is 8.22. The van der Waals surface area contributed by atoms with Crippen LogP contribution in [0.3, 0.4) is 0 Å². The number of oxazole rings is 1. The van der Waals surface area contributed by atoms with Crippen molar-refractivity contribution in [2.75, 3.05) is 5.73 Å². The van der Waals surface area contributed by atoms with E-state index in [0.717, 1.165) is 0 Å². The van der Waals surface area contributed by atoms with Crippen molar-refractivity contribution in [3.05, 3.63) is 38.4 Å². The van der Waals surface area contributed by atoms with Crippen LogP contribution in [0.4, 0.5) is 5.69 Å². The molecule has 0 amide bonds. The molecule has 1 aromatic carbocycles. The van der Waals surface area contributed by atoms with Gasteiger partial charge in [0.25, 0.3) is 0 Å². The number of halogens is 3. The lowest BCUT2D eigenvalue weighted by Gasteiger charge is -2.08. The number of nitrogens with two attached hydrogens (primary N) is 1. The minimum atomic E-state index is 0.379. The van der Waals surface area contributed by atoms with E-state index < -0.39 is 0 Å². The van der Waals surface area contributed by atoms with Gasteiger partial charge in [-0.05, 0) is 50.1 Å². The predicted molar refractivity (Wildman–Crippen MR) is 82.1 cm³/mol. The van der Waals surface area contributed by atoms with Crippen molar-refractivity contribution < 1.29 is 4.42 Å². The normalized spacial score (nSPS) is 11.1. The van der Waals surface area contributed by atoms with Gasteiger partial charge in [-0.3, -0.25) is 0 Å². The fraction of sp³-hybridized carbons (Fsp3) is 0. The summed E-state index contributed by atoms with van der Waals surface area (Å²) in [6.45, 7) is 0. The van der Waals surface area contributed by atoms with Gasteiger partial charge in [-0.15, -0.1) is 0 Å². The van der Waals surface area contributed by atoms with Crippen LogP contribution in [0.5, 0.6) is 0 Å². The molecule has 2 heterocycles. The Balaban J connectivity index is 2.29. The minimum absolute atomic E-state index is 0.379. The Morgan fingerprint density at radius 3 is 2.84 bits per heavy atom. The van der Waals surface area contributed by atoms with Crippen LogP contribution < -0.4 is 5.73 Å². The van der Waals surface area contributed by atoms with E-state index in [1.54, 1.807) is 24.4 Å². The standard InChI is InChI=1S/C12H6Br2ClN3O/c13-5-4-6(15)8(9(14)10(5)16)12-18-11-7(19-12)2-1-3-17-11/h1-4H,16H2. The van der Waals surface area contributed by atoms with Crippen molar-refractivity contribution >= 4 is 60.4 Å². The smallest absolute Gasteiger partial charge is 0.231 e. The highest BCUT2D eigenvalue weighted by Gasteiger charge is 2.19. The Morgan fingerprint density at radius 2 is 2.11 bits per heavy atom. The number of benzene rings is 1. The van der Waals surface area contributed by atoms with Crippen molar-refractivity contribution in [2.24, 2.45) is 0 Å². The molecule has 0 aliphatic rings. The lowest BCUT2D eigenvalue weighted by atomic mass is 10.2. The lowest BCUT2D eigenvalue weighted by molar-refractivity contribution is 0.619. The molecular weight excluding hydrogens is 397 g/mol. The van der Waals surface area contributed by atoms with Crippen molar-refractivity contribution in [1.82, 2.24) is 9.97 Å². The van der Waals surface area contributed by atoms with E-state index in [-0.39, 0.29) is 0 Å². The Bertz CT molecular complexity index is 755. The molecule has 2 aromatic heterocycles. The number of fused-ring (bicyclic) bond motifs is 1. The summed E-state index contributed by atoms with van der Waals surface area (Å²) in [6, 6.07) is 5.28. The van der Waals surface area contributed by atoms with Gasteiger partial charge < -0.3 is 10.2 Å². The van der Waals surface area contributed by atoms with Gasteiger partial charge in [0, 0.05) is 10.7 Å². The van der Waals surface area contributed by atoms with Crippen LogP contribution in [0.2, 0.25) is 5.02 Å². The Kier molecular flexibility index (Phi) is 3.24. The van der Waals surface area contributed by atoms with E-state index in [1.165, 1.54) is 0 Å².